The summed E-state index contributed by atoms with van der Waals surface area (Å²) >= 11 is 0. The van der Waals surface area contributed by atoms with Gasteiger partial charge in [0.1, 0.15) is 12.2 Å². The van der Waals surface area contributed by atoms with Crippen molar-refractivity contribution in [3.05, 3.63) is 12.2 Å². The van der Waals surface area contributed by atoms with Gasteiger partial charge in [-0.3, -0.25) is 10.9 Å². The molecule has 0 saturated heterocycles. The molecule has 0 aromatic carbocycles. The van der Waals surface area contributed by atoms with E-state index >= 15 is 0 Å². The van der Waals surface area contributed by atoms with Gasteiger partial charge in [0.2, 0.25) is 0 Å². The van der Waals surface area contributed by atoms with Gasteiger partial charge < -0.3 is 0 Å². The number of nitrogens with one attached hydrogen (secondary N) is 2. The predicted octanol–water partition coefficient (Wildman–Crippen LogP) is 1.53. The monoisotopic (exact) mass is 223 g/mol. The SMILES string of the molecule is CCC1CCCC(C(NN)c2ncn[nH]2)C1. The molecule has 1 heterocycles. The van der Waals surface area contributed by atoms with Gasteiger partial charge in [0.05, 0.1) is 6.04 Å². The van der Waals surface area contributed by atoms with Gasteiger partial charge in [-0.05, 0) is 24.7 Å². The highest BCUT2D eigenvalue weighted by Crippen LogP contribution is 2.37. The van der Waals surface area contributed by atoms with Crippen LogP contribution >= 0.6 is 0 Å². The molecule has 4 N–H and O–H groups in total. The first kappa shape index (κ1) is 11.5. The molecule has 1 saturated carbocycles. The van der Waals surface area contributed by atoms with Crippen LogP contribution in [0.4, 0.5) is 0 Å². The zero-order chi connectivity index (χ0) is 11.4. The van der Waals surface area contributed by atoms with Crippen LogP contribution in [-0.4, -0.2) is 15.2 Å². The van der Waals surface area contributed by atoms with Crippen LogP contribution in [0.2, 0.25) is 0 Å². The normalized spacial score (nSPS) is 27.9. The summed E-state index contributed by atoms with van der Waals surface area (Å²) < 4.78 is 0. The molecule has 16 heavy (non-hydrogen) atoms. The summed E-state index contributed by atoms with van der Waals surface area (Å²) in [5.41, 5.74) is 2.89. The number of nitrogens with two attached hydrogens (primary N) is 1. The molecule has 0 spiro atoms. The van der Waals surface area contributed by atoms with Crippen LogP contribution in [0.15, 0.2) is 6.33 Å². The third kappa shape index (κ3) is 2.41. The number of hydrogen-bond acceptors (Lipinski definition) is 4. The van der Waals surface area contributed by atoms with E-state index < -0.39 is 0 Å². The molecule has 1 aromatic rings. The molecular weight excluding hydrogens is 202 g/mol. The van der Waals surface area contributed by atoms with Crippen molar-refractivity contribution in [1.29, 1.82) is 0 Å². The minimum Gasteiger partial charge on any atom is -0.271 e. The van der Waals surface area contributed by atoms with Crippen molar-refractivity contribution in [3.8, 4) is 0 Å². The first-order chi connectivity index (χ1) is 7.85. The first-order valence-electron chi connectivity index (χ1n) is 6.16. The van der Waals surface area contributed by atoms with E-state index in [0.29, 0.717) is 5.92 Å². The smallest absolute Gasteiger partial charge is 0.143 e. The molecule has 1 fully saturated rings. The standard InChI is InChI=1S/C11H21N5/c1-2-8-4-3-5-9(6-8)10(15-12)11-13-7-14-16-11/h7-10,15H,2-6,12H2,1H3,(H,13,14,16). The maximum absolute atomic E-state index is 5.64. The molecule has 5 nitrogen and oxygen atoms in total. The lowest BCUT2D eigenvalue weighted by Crippen LogP contribution is -2.36. The van der Waals surface area contributed by atoms with Crippen molar-refractivity contribution in [2.75, 3.05) is 0 Å². The average Bonchev–Trinajstić information content (AvgIpc) is 2.84. The van der Waals surface area contributed by atoms with Gasteiger partial charge >= 0.3 is 0 Å². The molecule has 1 aliphatic rings. The molecule has 5 heteroatoms. The van der Waals surface area contributed by atoms with Gasteiger partial charge in [-0.2, -0.15) is 5.10 Å². The molecule has 3 unspecified atom stereocenters. The fourth-order valence-corrected chi connectivity index (χ4v) is 2.81. The summed E-state index contributed by atoms with van der Waals surface area (Å²) in [6.45, 7) is 2.27. The highest BCUT2D eigenvalue weighted by atomic mass is 15.3. The van der Waals surface area contributed by atoms with E-state index in [9.17, 15) is 0 Å². The molecule has 1 aromatic heterocycles. The van der Waals surface area contributed by atoms with Gasteiger partial charge in [-0.15, -0.1) is 0 Å². The Balaban J connectivity index is 2.03. The number of aromatic amines is 1. The molecule has 90 valence electrons. The van der Waals surface area contributed by atoms with Crippen molar-refractivity contribution in [3.63, 3.8) is 0 Å². The Bertz CT molecular complexity index is 297. The van der Waals surface area contributed by atoms with Crippen LogP contribution < -0.4 is 11.3 Å². The highest BCUT2D eigenvalue weighted by Gasteiger charge is 2.29. The maximum Gasteiger partial charge on any atom is 0.143 e. The quantitative estimate of drug-likeness (QED) is 0.534. The summed E-state index contributed by atoms with van der Waals surface area (Å²) in [6, 6.07) is 0.122. The van der Waals surface area contributed by atoms with Gasteiger partial charge in [0.25, 0.3) is 0 Å². The van der Waals surface area contributed by atoms with Gasteiger partial charge in [0.15, 0.2) is 0 Å². The van der Waals surface area contributed by atoms with Crippen molar-refractivity contribution in [2.45, 2.75) is 45.1 Å². The van der Waals surface area contributed by atoms with Crippen LogP contribution in [0.3, 0.4) is 0 Å². The molecule has 1 aliphatic carbocycles. The number of rotatable bonds is 4. The number of nitrogens with zero attached hydrogens (tertiary/aromatic N) is 2. The van der Waals surface area contributed by atoms with Gasteiger partial charge in [-0.1, -0.05) is 26.2 Å². The van der Waals surface area contributed by atoms with E-state index in [-0.39, 0.29) is 6.04 Å². The van der Waals surface area contributed by atoms with Crippen molar-refractivity contribution < 1.29 is 0 Å². The van der Waals surface area contributed by atoms with E-state index in [1.807, 2.05) is 0 Å². The second-order valence-electron chi connectivity index (χ2n) is 4.72. The molecule has 2 rings (SSSR count). The molecule has 0 radical (unpaired) electrons. The summed E-state index contributed by atoms with van der Waals surface area (Å²) in [5.74, 6) is 7.93. The second kappa shape index (κ2) is 5.41. The molecule has 3 atom stereocenters. The van der Waals surface area contributed by atoms with Crippen LogP contribution in [-0.2, 0) is 0 Å². The number of hydrazine groups is 1. The predicted molar refractivity (Wildman–Crippen MR) is 62.2 cm³/mol. The van der Waals surface area contributed by atoms with Crippen molar-refractivity contribution in [1.82, 2.24) is 20.6 Å². The zero-order valence-corrected chi connectivity index (χ0v) is 9.82. The third-order valence-corrected chi connectivity index (χ3v) is 3.78. The van der Waals surface area contributed by atoms with E-state index in [0.717, 1.165) is 11.7 Å². The Morgan fingerprint density at radius 3 is 3.12 bits per heavy atom. The Kier molecular flexibility index (Phi) is 3.90. The molecular formula is C11H21N5. The number of H-pyrrole nitrogens is 1. The lowest BCUT2D eigenvalue weighted by molar-refractivity contribution is 0.205. The highest BCUT2D eigenvalue weighted by molar-refractivity contribution is 4.95. The van der Waals surface area contributed by atoms with Crippen LogP contribution in [0, 0.1) is 11.8 Å². The second-order valence-corrected chi connectivity index (χ2v) is 4.72. The number of hydrogen-bond donors (Lipinski definition) is 3. The molecule has 0 amide bonds. The fraction of sp³-hybridized carbons (Fsp3) is 0.818. The minimum absolute atomic E-state index is 0.122. The Labute approximate surface area is 96.2 Å². The minimum atomic E-state index is 0.122. The first-order valence-corrected chi connectivity index (χ1v) is 6.16. The third-order valence-electron chi connectivity index (χ3n) is 3.78. The van der Waals surface area contributed by atoms with Crippen LogP contribution in [0.1, 0.15) is 50.9 Å². The summed E-state index contributed by atoms with van der Waals surface area (Å²) in [5, 5.41) is 6.81. The molecule has 0 aliphatic heterocycles. The van der Waals surface area contributed by atoms with Crippen LogP contribution in [0.25, 0.3) is 0 Å². The topological polar surface area (TPSA) is 79.6 Å². The Morgan fingerprint density at radius 2 is 2.50 bits per heavy atom. The van der Waals surface area contributed by atoms with Crippen molar-refractivity contribution >= 4 is 0 Å². The maximum atomic E-state index is 5.64. The van der Waals surface area contributed by atoms with Crippen LogP contribution in [0.5, 0.6) is 0 Å². The zero-order valence-electron chi connectivity index (χ0n) is 9.82. The lowest BCUT2D eigenvalue weighted by atomic mass is 9.77. The Hall–Kier alpha value is -0.940. The van der Waals surface area contributed by atoms with Crippen molar-refractivity contribution in [2.24, 2.45) is 17.7 Å². The van der Waals surface area contributed by atoms with E-state index in [1.54, 1.807) is 6.33 Å². The lowest BCUT2D eigenvalue weighted by Gasteiger charge is -2.32. The van der Waals surface area contributed by atoms with E-state index in [2.05, 4.69) is 27.5 Å². The summed E-state index contributed by atoms with van der Waals surface area (Å²) in [6.07, 6.45) is 7.94. The van der Waals surface area contributed by atoms with Gasteiger partial charge in [-0.25, -0.2) is 10.4 Å². The molecule has 0 bridgehead atoms. The Morgan fingerprint density at radius 1 is 1.62 bits per heavy atom. The van der Waals surface area contributed by atoms with E-state index in [4.69, 9.17) is 5.84 Å². The average molecular weight is 223 g/mol. The summed E-state index contributed by atoms with van der Waals surface area (Å²) in [4.78, 5) is 4.20. The van der Waals surface area contributed by atoms with E-state index in [1.165, 1.54) is 32.1 Å². The largest absolute Gasteiger partial charge is 0.271 e. The summed E-state index contributed by atoms with van der Waals surface area (Å²) in [7, 11) is 0. The van der Waals surface area contributed by atoms with Gasteiger partial charge in [0, 0.05) is 0 Å². The fourth-order valence-electron chi connectivity index (χ4n) is 2.81. The number of aromatic nitrogens is 3.